The van der Waals surface area contributed by atoms with E-state index in [1.165, 1.54) is 0 Å². The Bertz CT molecular complexity index is 414. The Hall–Kier alpha value is -1.63. The Morgan fingerprint density at radius 1 is 1.29 bits per heavy atom. The van der Waals surface area contributed by atoms with Crippen molar-refractivity contribution in [1.82, 2.24) is 0 Å². The zero-order valence-electron chi connectivity index (χ0n) is 6.79. The minimum atomic E-state index is -0.956. The van der Waals surface area contributed by atoms with E-state index in [4.69, 9.17) is 5.11 Å². The fourth-order valence-electron chi connectivity index (χ4n) is 0.532. The van der Waals surface area contributed by atoms with Crippen LogP contribution in [0.1, 0.15) is 0 Å². The van der Waals surface area contributed by atoms with Crippen molar-refractivity contribution >= 4 is 5.97 Å². The van der Waals surface area contributed by atoms with Crippen LogP contribution in [-0.2, 0) is 21.9 Å². The van der Waals surface area contributed by atoms with Crippen LogP contribution in [0.2, 0.25) is 0 Å². The van der Waals surface area contributed by atoms with Crippen LogP contribution in [0.25, 0.3) is 0 Å². The second kappa shape index (κ2) is 6.84. The summed E-state index contributed by atoms with van der Waals surface area (Å²) in [6.07, 6.45) is 9.75. The summed E-state index contributed by atoms with van der Waals surface area (Å²) in [5.41, 5.74) is 7.50. The summed E-state index contributed by atoms with van der Waals surface area (Å²) in [4.78, 5) is 10.00. The zero-order chi connectivity index (χ0) is 9.52. The number of aliphatic carboxylic acids is 1. The van der Waals surface area contributed by atoms with Gasteiger partial charge >= 0.3 is 23.0 Å². The summed E-state index contributed by atoms with van der Waals surface area (Å²) < 4.78 is 0. The van der Waals surface area contributed by atoms with Gasteiger partial charge in [-0.1, -0.05) is 0 Å². The molecule has 2 radical (unpaired) electrons. The van der Waals surface area contributed by atoms with Gasteiger partial charge in [0.25, 0.3) is 0 Å². The molecule has 1 N–H and O–H groups in total. The Balaban J connectivity index is 0.000000246. The summed E-state index contributed by atoms with van der Waals surface area (Å²) in [6, 6.07) is 0. The Morgan fingerprint density at radius 2 is 2.07 bits per heavy atom. The zero-order valence-corrected chi connectivity index (χ0v) is 7.89. The van der Waals surface area contributed by atoms with Crippen LogP contribution < -0.4 is 0 Å². The van der Waals surface area contributed by atoms with Gasteiger partial charge in [0.1, 0.15) is 0 Å². The van der Waals surface area contributed by atoms with Crippen molar-refractivity contribution in [2.45, 2.75) is 0 Å². The van der Waals surface area contributed by atoms with E-state index in [0.717, 1.165) is 0 Å². The predicted molar refractivity (Wildman–Crippen MR) is 42.4 cm³/mol. The van der Waals surface area contributed by atoms with Crippen LogP contribution in [0, 0.1) is 42.1 Å². The van der Waals surface area contributed by atoms with E-state index in [2.05, 4.69) is 53.3 Å². The van der Waals surface area contributed by atoms with Crippen molar-refractivity contribution in [2.75, 3.05) is 0 Å². The van der Waals surface area contributed by atoms with Crippen molar-refractivity contribution in [3.8, 4) is 11.8 Å². The maximum atomic E-state index is 10.00. The number of allylic oxidation sites excluding steroid dienone is 3. The molecule has 0 fully saturated rings. The topological polar surface area (TPSA) is 37.3 Å². The molecule has 2 aliphatic rings. The summed E-state index contributed by atoms with van der Waals surface area (Å²) in [6.45, 7) is 0. The molecule has 0 bridgehead atoms. The molecule has 66 valence electrons. The molecule has 2 rings (SSSR count). The summed E-state index contributed by atoms with van der Waals surface area (Å²) in [5, 5.41) is 8.21. The number of carboxylic acids is 1. The van der Waals surface area contributed by atoms with Crippen LogP contribution in [0.4, 0.5) is 0 Å². The number of hydrogen-bond donors (Lipinski definition) is 1. The van der Waals surface area contributed by atoms with Gasteiger partial charge in [-0.15, -0.1) is 18.2 Å². The average molecular weight is 222 g/mol. The second-order valence-corrected chi connectivity index (χ2v) is 1.93. The Kier molecular flexibility index (Phi) is 6.04. The van der Waals surface area contributed by atoms with Crippen molar-refractivity contribution in [3.05, 3.63) is 41.5 Å². The van der Waals surface area contributed by atoms with E-state index < -0.39 is 11.9 Å². The molecule has 2 nitrogen and oxygen atoms in total. The quantitative estimate of drug-likeness (QED) is 0.303. The standard InChI is InChI=1S/C6H2O2.C5.Fe/c7-6(8)5-3-1-2-4-5;1-2-4-5-3-1;/h5H,(H,7,8);;/q2*-1;+2. The van der Waals surface area contributed by atoms with Gasteiger partial charge in [-0.05, 0) is 0 Å². The van der Waals surface area contributed by atoms with Crippen LogP contribution in [-0.4, -0.2) is 11.1 Å². The first-order valence-corrected chi connectivity index (χ1v) is 3.29. The molecule has 0 aromatic carbocycles. The minimum absolute atomic E-state index is 0. The van der Waals surface area contributed by atoms with Gasteiger partial charge in [-0.3, -0.25) is 22.2 Å². The largest absolute Gasteiger partial charge is 2.00 e. The van der Waals surface area contributed by atoms with Crippen molar-refractivity contribution < 1.29 is 27.0 Å². The SMILES string of the molecule is O=C(O)C1[C]=[C-]C#C1.[C]1=C=C=C=[C-]1.[Fe+2]. The average Bonchev–Trinajstić information content (AvgIpc) is 2.82. The first kappa shape index (κ1) is 12.4. The van der Waals surface area contributed by atoms with E-state index in [1.807, 2.05) is 0 Å². The molecule has 0 saturated heterocycles. The van der Waals surface area contributed by atoms with E-state index in [9.17, 15) is 4.79 Å². The second-order valence-electron chi connectivity index (χ2n) is 1.93. The van der Waals surface area contributed by atoms with Crippen molar-refractivity contribution in [3.63, 3.8) is 0 Å². The van der Waals surface area contributed by atoms with Gasteiger partial charge in [-0.2, -0.15) is 6.08 Å². The van der Waals surface area contributed by atoms with Crippen LogP contribution in [0.5, 0.6) is 0 Å². The monoisotopic (exact) mass is 222 g/mol. The molecule has 0 amide bonds. The number of carbonyl (C=O) groups is 1. The maximum Gasteiger partial charge on any atom is 2.00 e. The summed E-state index contributed by atoms with van der Waals surface area (Å²) in [5.74, 6) is 3.05. The van der Waals surface area contributed by atoms with Crippen LogP contribution >= 0.6 is 0 Å². The molecule has 0 aliphatic heterocycles. The predicted octanol–water partition coefficient (Wildman–Crippen LogP) is 0.492. The van der Waals surface area contributed by atoms with Gasteiger partial charge in [-0.25, -0.2) is 5.73 Å². The smallest absolute Gasteiger partial charge is 0.481 e. The van der Waals surface area contributed by atoms with Gasteiger partial charge in [0.15, 0.2) is 0 Å². The first-order chi connectivity index (χ1) is 6.30. The molecule has 0 saturated carbocycles. The Labute approximate surface area is 92.5 Å². The van der Waals surface area contributed by atoms with E-state index in [0.29, 0.717) is 0 Å². The summed E-state index contributed by atoms with van der Waals surface area (Å²) in [7, 11) is 0. The van der Waals surface area contributed by atoms with Gasteiger partial charge in [0.2, 0.25) is 0 Å². The molecule has 2 aliphatic carbocycles. The molecule has 14 heavy (non-hydrogen) atoms. The van der Waals surface area contributed by atoms with E-state index >= 15 is 0 Å². The van der Waals surface area contributed by atoms with Crippen molar-refractivity contribution in [2.24, 2.45) is 5.92 Å². The fraction of sp³-hybridized carbons (Fsp3) is 0.0909. The maximum absolute atomic E-state index is 10.00. The molecule has 0 heterocycles. The third kappa shape index (κ3) is 4.41. The molecular weight excluding hydrogens is 220 g/mol. The van der Waals surface area contributed by atoms with Gasteiger partial charge in [0, 0.05) is 5.92 Å². The Morgan fingerprint density at radius 3 is 2.29 bits per heavy atom. The molecule has 0 aromatic heterocycles. The number of hydrogen-bond acceptors (Lipinski definition) is 1. The molecule has 1 unspecified atom stereocenters. The number of carboxylic acid groups (broad SMARTS) is 1. The summed E-state index contributed by atoms with van der Waals surface area (Å²) >= 11 is 0. The third-order valence-electron chi connectivity index (χ3n) is 1.05. The van der Waals surface area contributed by atoms with E-state index in [-0.39, 0.29) is 17.1 Å². The van der Waals surface area contributed by atoms with Gasteiger partial charge in [0.05, 0.1) is 0 Å². The molecule has 3 heteroatoms. The molecule has 1 atom stereocenters. The van der Waals surface area contributed by atoms with Crippen molar-refractivity contribution in [1.29, 1.82) is 0 Å². The van der Waals surface area contributed by atoms with Gasteiger partial charge < -0.3 is 11.0 Å². The molecular formula is C11H2FeO2. The molecule has 0 aromatic rings. The van der Waals surface area contributed by atoms with Crippen LogP contribution in [0.3, 0.4) is 0 Å². The third-order valence-corrected chi connectivity index (χ3v) is 1.05. The van der Waals surface area contributed by atoms with Crippen LogP contribution in [0.15, 0.2) is 17.2 Å². The minimum Gasteiger partial charge on any atom is -0.481 e. The fourth-order valence-corrected chi connectivity index (χ4v) is 0.532. The first-order valence-electron chi connectivity index (χ1n) is 3.29. The number of rotatable bonds is 1. The normalized spacial score (nSPS) is 16.7. The molecule has 0 spiro atoms. The van der Waals surface area contributed by atoms with E-state index in [1.54, 1.807) is 0 Å².